The Balaban J connectivity index is 1.58. The Morgan fingerprint density at radius 2 is 1.90 bits per heavy atom. The summed E-state index contributed by atoms with van der Waals surface area (Å²) in [6.45, 7) is 13.5. The van der Waals surface area contributed by atoms with E-state index in [0.717, 1.165) is 77.8 Å². The number of nitrogens with zero attached hydrogens (tertiary/aromatic N) is 3. The third kappa shape index (κ3) is 5.87. The van der Waals surface area contributed by atoms with Gasteiger partial charge in [-0.25, -0.2) is 4.79 Å². The molecule has 0 aromatic carbocycles. The fourth-order valence-electron chi connectivity index (χ4n) is 5.68. The van der Waals surface area contributed by atoms with Crippen LogP contribution in [0.25, 0.3) is 0 Å². The zero-order valence-electron chi connectivity index (χ0n) is 19.7. The van der Waals surface area contributed by atoms with Gasteiger partial charge in [0.05, 0.1) is 13.2 Å². The molecule has 7 heteroatoms. The molecule has 30 heavy (non-hydrogen) atoms. The predicted molar refractivity (Wildman–Crippen MR) is 120 cm³/mol. The number of hydrogen-bond acceptors (Lipinski definition) is 5. The topological polar surface area (TPSA) is 57.3 Å². The third-order valence-electron chi connectivity index (χ3n) is 7.13. The lowest BCUT2D eigenvalue weighted by Gasteiger charge is -2.51. The van der Waals surface area contributed by atoms with Crippen LogP contribution in [0.4, 0.5) is 4.79 Å². The van der Waals surface area contributed by atoms with Crippen molar-refractivity contribution in [3.8, 4) is 0 Å². The van der Waals surface area contributed by atoms with Crippen LogP contribution in [0, 0.1) is 5.92 Å². The molecule has 0 unspecified atom stereocenters. The van der Waals surface area contributed by atoms with Crippen LogP contribution in [0.3, 0.4) is 0 Å². The Morgan fingerprint density at radius 1 is 1.13 bits per heavy atom. The molecule has 0 aromatic rings. The van der Waals surface area contributed by atoms with Crippen LogP contribution in [-0.4, -0.2) is 98.1 Å². The van der Waals surface area contributed by atoms with Gasteiger partial charge >= 0.3 is 6.03 Å². The standard InChI is InChI=1S/C23H44N4O3/c1-5-10-25(4)12-13-26(7-3)22(28)24-20-16-19-17-23(29-14-15-30-23)9-8-21(19)27(18-20)11-6-2/h19-21H,5-18H2,1-4H3,(H,24,28)/t19-,20+,21-/m1/s1. The highest BCUT2D eigenvalue weighted by molar-refractivity contribution is 5.74. The Morgan fingerprint density at radius 3 is 2.57 bits per heavy atom. The molecule has 3 atom stereocenters. The Labute approximate surface area is 183 Å². The minimum atomic E-state index is -0.357. The number of nitrogens with one attached hydrogen (secondary N) is 1. The second-order valence-electron chi connectivity index (χ2n) is 9.44. The first-order valence-corrected chi connectivity index (χ1v) is 12.3. The molecule has 3 fully saturated rings. The Hall–Kier alpha value is -0.890. The van der Waals surface area contributed by atoms with Crippen LogP contribution in [0.2, 0.25) is 0 Å². The average molecular weight is 425 g/mol. The number of likely N-dealkylation sites (N-methyl/N-ethyl adjacent to an activating group) is 2. The van der Waals surface area contributed by atoms with Gasteiger partial charge in [0.2, 0.25) is 0 Å². The van der Waals surface area contributed by atoms with Gasteiger partial charge in [-0.05, 0) is 58.7 Å². The first-order valence-electron chi connectivity index (χ1n) is 12.3. The summed E-state index contributed by atoms with van der Waals surface area (Å²) >= 11 is 0. The smallest absolute Gasteiger partial charge is 0.317 e. The maximum absolute atomic E-state index is 13.0. The number of urea groups is 1. The second-order valence-corrected chi connectivity index (χ2v) is 9.44. The maximum Gasteiger partial charge on any atom is 0.317 e. The molecule has 2 heterocycles. The molecule has 2 aliphatic heterocycles. The summed E-state index contributed by atoms with van der Waals surface area (Å²) in [5, 5.41) is 3.37. The quantitative estimate of drug-likeness (QED) is 0.617. The monoisotopic (exact) mass is 424 g/mol. The van der Waals surface area contributed by atoms with E-state index in [-0.39, 0.29) is 17.9 Å². The summed E-state index contributed by atoms with van der Waals surface area (Å²) in [6.07, 6.45) is 6.41. The van der Waals surface area contributed by atoms with Crippen LogP contribution in [0.15, 0.2) is 0 Å². The van der Waals surface area contributed by atoms with E-state index in [1.807, 2.05) is 4.90 Å². The fourth-order valence-corrected chi connectivity index (χ4v) is 5.68. The van der Waals surface area contributed by atoms with Gasteiger partial charge < -0.3 is 24.6 Å². The van der Waals surface area contributed by atoms with Gasteiger partial charge in [0.25, 0.3) is 0 Å². The number of likely N-dealkylation sites (tertiary alicyclic amines) is 1. The van der Waals surface area contributed by atoms with Crippen molar-refractivity contribution in [2.24, 2.45) is 5.92 Å². The van der Waals surface area contributed by atoms with Crippen LogP contribution in [0.1, 0.15) is 59.3 Å². The molecule has 1 aliphatic carbocycles. The molecule has 2 saturated heterocycles. The van der Waals surface area contributed by atoms with Crippen molar-refractivity contribution < 1.29 is 14.3 Å². The summed E-state index contributed by atoms with van der Waals surface area (Å²) in [4.78, 5) is 19.9. The number of amides is 2. The van der Waals surface area contributed by atoms with Crippen molar-refractivity contribution in [2.45, 2.75) is 77.2 Å². The highest BCUT2D eigenvalue weighted by Crippen LogP contribution is 2.44. The number of ether oxygens (including phenoxy) is 2. The number of fused-ring (bicyclic) bond motifs is 1. The van der Waals surface area contributed by atoms with Crippen molar-refractivity contribution >= 4 is 6.03 Å². The van der Waals surface area contributed by atoms with Gasteiger partial charge in [-0.2, -0.15) is 0 Å². The molecular formula is C23H44N4O3. The van der Waals surface area contributed by atoms with E-state index in [1.54, 1.807) is 0 Å². The summed E-state index contributed by atoms with van der Waals surface area (Å²) in [5.41, 5.74) is 0. The SMILES string of the molecule is CCCN(C)CCN(CC)C(=O)N[C@H]1C[C@@H]2CC3(CC[C@H]2N(CCC)C1)OCCO3. The molecule has 0 aromatic heterocycles. The van der Waals surface area contributed by atoms with Crippen molar-refractivity contribution in [1.82, 2.24) is 20.0 Å². The zero-order valence-corrected chi connectivity index (χ0v) is 19.7. The molecule has 3 aliphatic rings. The van der Waals surface area contributed by atoms with E-state index in [1.165, 1.54) is 0 Å². The van der Waals surface area contributed by atoms with Gasteiger partial charge in [0, 0.05) is 51.1 Å². The molecular weight excluding hydrogens is 380 g/mol. The minimum absolute atomic E-state index is 0.0844. The highest BCUT2D eigenvalue weighted by Gasteiger charge is 2.49. The van der Waals surface area contributed by atoms with Crippen LogP contribution in [-0.2, 0) is 9.47 Å². The Bertz CT molecular complexity index is 541. The van der Waals surface area contributed by atoms with E-state index in [2.05, 4.69) is 42.9 Å². The molecule has 7 nitrogen and oxygen atoms in total. The van der Waals surface area contributed by atoms with E-state index < -0.39 is 0 Å². The Kier molecular flexibility index (Phi) is 8.81. The van der Waals surface area contributed by atoms with Crippen molar-refractivity contribution in [1.29, 1.82) is 0 Å². The number of carbonyl (C=O) groups is 1. The first kappa shape index (κ1) is 23.8. The maximum atomic E-state index is 13.0. The minimum Gasteiger partial charge on any atom is -0.348 e. The first-order chi connectivity index (χ1) is 14.5. The van der Waals surface area contributed by atoms with E-state index in [9.17, 15) is 4.79 Å². The summed E-state index contributed by atoms with van der Waals surface area (Å²) in [6, 6.07) is 0.881. The second kappa shape index (κ2) is 11.1. The number of carbonyl (C=O) groups excluding carboxylic acids is 1. The normalized spacial score (nSPS) is 28.6. The largest absolute Gasteiger partial charge is 0.348 e. The lowest BCUT2D eigenvalue weighted by molar-refractivity contribution is -0.201. The molecule has 0 bridgehead atoms. The molecule has 1 N–H and O–H groups in total. The molecule has 174 valence electrons. The van der Waals surface area contributed by atoms with E-state index in [0.29, 0.717) is 25.2 Å². The van der Waals surface area contributed by atoms with Crippen LogP contribution in [0.5, 0.6) is 0 Å². The summed E-state index contributed by atoms with van der Waals surface area (Å²) in [7, 11) is 2.13. The predicted octanol–water partition coefficient (Wildman–Crippen LogP) is 2.76. The molecule has 1 saturated carbocycles. The van der Waals surface area contributed by atoms with E-state index >= 15 is 0 Å². The zero-order chi connectivity index (χ0) is 21.6. The van der Waals surface area contributed by atoms with Crippen molar-refractivity contribution in [2.75, 3.05) is 59.5 Å². The van der Waals surface area contributed by atoms with Gasteiger partial charge in [0.15, 0.2) is 5.79 Å². The lowest BCUT2D eigenvalue weighted by atomic mass is 9.74. The molecule has 1 spiro atoms. The summed E-state index contributed by atoms with van der Waals surface area (Å²) < 4.78 is 12.1. The van der Waals surface area contributed by atoms with Crippen molar-refractivity contribution in [3.05, 3.63) is 0 Å². The van der Waals surface area contributed by atoms with E-state index in [4.69, 9.17) is 9.47 Å². The van der Waals surface area contributed by atoms with Crippen LogP contribution < -0.4 is 5.32 Å². The molecule has 3 rings (SSSR count). The highest BCUT2D eigenvalue weighted by atomic mass is 16.7. The van der Waals surface area contributed by atoms with Gasteiger partial charge in [-0.1, -0.05) is 13.8 Å². The van der Waals surface area contributed by atoms with Gasteiger partial charge in [-0.3, -0.25) is 4.90 Å². The average Bonchev–Trinajstić information content (AvgIpc) is 3.16. The summed E-state index contributed by atoms with van der Waals surface area (Å²) in [5.74, 6) is 0.165. The fraction of sp³-hybridized carbons (Fsp3) is 0.957. The number of piperidine rings is 1. The van der Waals surface area contributed by atoms with Crippen LogP contribution >= 0.6 is 0 Å². The number of hydrogen-bond donors (Lipinski definition) is 1. The third-order valence-corrected chi connectivity index (χ3v) is 7.13. The molecule has 0 radical (unpaired) electrons. The van der Waals surface area contributed by atoms with Crippen molar-refractivity contribution in [3.63, 3.8) is 0 Å². The van der Waals surface area contributed by atoms with Gasteiger partial charge in [-0.15, -0.1) is 0 Å². The van der Waals surface area contributed by atoms with Gasteiger partial charge in [0.1, 0.15) is 0 Å². The number of rotatable bonds is 9. The molecule has 2 amide bonds. The lowest BCUT2D eigenvalue weighted by Crippen LogP contribution is -2.60.